The summed E-state index contributed by atoms with van der Waals surface area (Å²) >= 11 is 0. The maximum Gasteiger partial charge on any atom is 0.247 e. The predicted molar refractivity (Wildman–Crippen MR) is 135 cm³/mol. The van der Waals surface area contributed by atoms with Gasteiger partial charge < -0.3 is 25.0 Å². The Morgan fingerprint density at radius 1 is 1.19 bits per heavy atom. The third-order valence-corrected chi connectivity index (χ3v) is 5.21. The van der Waals surface area contributed by atoms with Crippen molar-refractivity contribution >= 4 is 28.6 Å². The monoisotopic (exact) mass is 491 g/mol. The van der Waals surface area contributed by atoms with E-state index in [2.05, 4.69) is 32.5 Å². The van der Waals surface area contributed by atoms with Crippen LogP contribution in [0.5, 0.6) is 11.5 Å². The van der Waals surface area contributed by atoms with Gasteiger partial charge in [0.25, 0.3) is 0 Å². The van der Waals surface area contributed by atoms with Gasteiger partial charge in [0.05, 0.1) is 24.0 Å². The lowest BCUT2D eigenvalue weighted by atomic mass is 10.1. The molecule has 2 aromatic carbocycles. The SMILES string of the molecule is C=CC(=O)Nc1cc(Nc2cc3c(-c4cccc(F)c4)nnn3cn2)c(OC)cc1OCCN(C)C. The van der Waals surface area contributed by atoms with E-state index in [0.717, 1.165) is 0 Å². The van der Waals surface area contributed by atoms with Crippen LogP contribution in [0.4, 0.5) is 21.6 Å². The molecule has 0 atom stereocenters. The Labute approximate surface area is 207 Å². The van der Waals surface area contributed by atoms with Crippen LogP contribution in [0.3, 0.4) is 0 Å². The Balaban J connectivity index is 1.69. The molecule has 2 N–H and O–H groups in total. The van der Waals surface area contributed by atoms with E-state index >= 15 is 0 Å². The van der Waals surface area contributed by atoms with Crippen molar-refractivity contribution in [2.24, 2.45) is 0 Å². The number of nitrogens with zero attached hydrogens (tertiary/aromatic N) is 5. The topological polar surface area (TPSA) is 106 Å². The largest absolute Gasteiger partial charge is 0.494 e. The van der Waals surface area contributed by atoms with Gasteiger partial charge in [0.2, 0.25) is 5.91 Å². The van der Waals surface area contributed by atoms with Crippen molar-refractivity contribution in [1.29, 1.82) is 0 Å². The van der Waals surface area contributed by atoms with Crippen LogP contribution < -0.4 is 20.1 Å². The molecule has 0 fully saturated rings. The standard InChI is InChI=1S/C25H26FN7O3/c1-5-24(34)29-19-12-18(21(35-4)14-22(19)36-10-9-32(2)3)28-23-13-20-25(30-31-33(20)15-27-23)16-7-6-8-17(26)11-16/h5-8,11-15,28H,1,9-10H2,2-4H3,(H,29,34). The fraction of sp³-hybridized carbons (Fsp3) is 0.200. The average molecular weight is 492 g/mol. The first-order valence-corrected chi connectivity index (χ1v) is 11.0. The molecule has 0 aliphatic rings. The number of fused-ring (bicyclic) bond motifs is 1. The Bertz CT molecular complexity index is 1400. The summed E-state index contributed by atoms with van der Waals surface area (Å²) in [4.78, 5) is 18.4. The Hall–Kier alpha value is -4.51. The molecule has 0 spiro atoms. The van der Waals surface area contributed by atoms with E-state index in [0.29, 0.717) is 58.6 Å². The molecule has 0 saturated carbocycles. The number of likely N-dealkylation sites (N-methyl/N-ethyl adjacent to an activating group) is 1. The maximum atomic E-state index is 13.8. The zero-order valence-electron chi connectivity index (χ0n) is 20.2. The third kappa shape index (κ3) is 5.58. The number of hydrogen-bond acceptors (Lipinski definition) is 8. The van der Waals surface area contributed by atoms with Gasteiger partial charge in [-0.1, -0.05) is 23.9 Å². The predicted octanol–water partition coefficient (Wildman–Crippen LogP) is 3.75. The van der Waals surface area contributed by atoms with Crippen LogP contribution in [0.2, 0.25) is 0 Å². The van der Waals surface area contributed by atoms with Crippen LogP contribution in [0, 0.1) is 5.82 Å². The summed E-state index contributed by atoms with van der Waals surface area (Å²) in [5.74, 6) is 0.639. The van der Waals surface area contributed by atoms with Crippen molar-refractivity contribution in [1.82, 2.24) is 24.7 Å². The quantitative estimate of drug-likeness (QED) is 0.323. The van der Waals surface area contributed by atoms with Crippen molar-refractivity contribution in [3.63, 3.8) is 0 Å². The number of amides is 1. The van der Waals surface area contributed by atoms with Crippen LogP contribution in [-0.2, 0) is 4.79 Å². The molecule has 10 nitrogen and oxygen atoms in total. The third-order valence-electron chi connectivity index (χ3n) is 5.21. The lowest BCUT2D eigenvalue weighted by Gasteiger charge is -2.18. The summed E-state index contributed by atoms with van der Waals surface area (Å²) in [6, 6.07) is 11.3. The first-order valence-electron chi connectivity index (χ1n) is 11.0. The fourth-order valence-electron chi connectivity index (χ4n) is 3.42. The number of ether oxygens (including phenoxy) is 2. The molecular formula is C25H26FN7O3. The molecule has 11 heteroatoms. The number of carbonyl (C=O) groups excluding carboxylic acids is 1. The number of nitrogens with one attached hydrogen (secondary N) is 2. The van der Waals surface area contributed by atoms with Gasteiger partial charge in [0.15, 0.2) is 0 Å². The molecule has 4 aromatic rings. The van der Waals surface area contributed by atoms with E-state index in [4.69, 9.17) is 9.47 Å². The molecule has 0 aliphatic heterocycles. The molecule has 4 rings (SSSR count). The van der Waals surface area contributed by atoms with Crippen LogP contribution in [0.1, 0.15) is 0 Å². The van der Waals surface area contributed by atoms with E-state index in [1.54, 1.807) is 30.3 Å². The first-order chi connectivity index (χ1) is 17.4. The minimum absolute atomic E-state index is 0.368. The zero-order chi connectivity index (χ0) is 25.7. The minimum atomic E-state index is -0.381. The van der Waals surface area contributed by atoms with Gasteiger partial charge in [-0.3, -0.25) is 4.79 Å². The highest BCUT2D eigenvalue weighted by molar-refractivity contribution is 6.00. The second-order valence-corrected chi connectivity index (χ2v) is 8.07. The number of anilines is 3. The van der Waals surface area contributed by atoms with Crippen molar-refractivity contribution in [2.45, 2.75) is 0 Å². The second-order valence-electron chi connectivity index (χ2n) is 8.07. The molecule has 36 heavy (non-hydrogen) atoms. The van der Waals surface area contributed by atoms with E-state index in [-0.39, 0.29) is 11.7 Å². The summed E-state index contributed by atoms with van der Waals surface area (Å²) in [5.41, 5.74) is 2.70. The molecule has 186 valence electrons. The molecule has 1 amide bonds. The molecule has 2 aromatic heterocycles. The van der Waals surface area contributed by atoms with Crippen LogP contribution in [-0.4, -0.2) is 65.0 Å². The highest BCUT2D eigenvalue weighted by Crippen LogP contribution is 2.38. The Morgan fingerprint density at radius 2 is 2.03 bits per heavy atom. The molecule has 0 saturated heterocycles. The van der Waals surface area contributed by atoms with Crippen LogP contribution in [0.15, 0.2) is 61.4 Å². The summed E-state index contributed by atoms with van der Waals surface area (Å²) < 4.78 is 26.7. The number of hydrogen-bond donors (Lipinski definition) is 2. The summed E-state index contributed by atoms with van der Waals surface area (Å²) in [7, 11) is 5.42. The number of benzene rings is 2. The van der Waals surface area contributed by atoms with Crippen molar-refractivity contribution in [3.05, 3.63) is 67.3 Å². The Kier molecular flexibility index (Phi) is 7.40. The summed E-state index contributed by atoms with van der Waals surface area (Å²) in [5, 5.41) is 14.2. The number of halogens is 1. The van der Waals surface area contributed by atoms with Crippen molar-refractivity contribution < 1.29 is 18.7 Å². The lowest BCUT2D eigenvalue weighted by Crippen LogP contribution is -2.20. The number of rotatable bonds is 10. The smallest absolute Gasteiger partial charge is 0.247 e. The normalized spacial score (nSPS) is 10.9. The van der Waals surface area contributed by atoms with E-state index in [1.165, 1.54) is 36.2 Å². The van der Waals surface area contributed by atoms with Gasteiger partial charge in [0.1, 0.15) is 41.8 Å². The number of methoxy groups -OCH3 is 1. The van der Waals surface area contributed by atoms with Crippen molar-refractivity contribution in [2.75, 3.05) is 45.0 Å². The number of aromatic nitrogens is 4. The van der Waals surface area contributed by atoms with Crippen LogP contribution in [0.25, 0.3) is 16.8 Å². The first kappa shape index (κ1) is 24.6. The van der Waals surface area contributed by atoms with Crippen LogP contribution >= 0.6 is 0 Å². The zero-order valence-corrected chi connectivity index (χ0v) is 20.2. The van der Waals surface area contributed by atoms with Gasteiger partial charge in [-0.15, -0.1) is 5.10 Å². The summed E-state index contributed by atoms with van der Waals surface area (Å²) in [6.45, 7) is 4.61. The lowest BCUT2D eigenvalue weighted by molar-refractivity contribution is -0.111. The summed E-state index contributed by atoms with van der Waals surface area (Å²) in [6.07, 6.45) is 2.68. The minimum Gasteiger partial charge on any atom is -0.494 e. The molecule has 0 unspecified atom stereocenters. The molecule has 0 bridgehead atoms. The van der Waals surface area contributed by atoms with Gasteiger partial charge >= 0.3 is 0 Å². The van der Waals surface area contributed by atoms with E-state index in [1.807, 2.05) is 19.0 Å². The number of carbonyl (C=O) groups is 1. The molecule has 0 radical (unpaired) electrons. The fourth-order valence-corrected chi connectivity index (χ4v) is 3.42. The Morgan fingerprint density at radius 3 is 2.75 bits per heavy atom. The average Bonchev–Trinajstić information content (AvgIpc) is 3.28. The highest BCUT2D eigenvalue weighted by atomic mass is 19.1. The second kappa shape index (κ2) is 10.8. The van der Waals surface area contributed by atoms with Gasteiger partial charge in [-0.2, -0.15) is 0 Å². The molecule has 2 heterocycles. The van der Waals surface area contributed by atoms with Crippen molar-refractivity contribution in [3.8, 4) is 22.8 Å². The van der Waals surface area contributed by atoms with Gasteiger partial charge in [0, 0.05) is 24.2 Å². The van der Waals surface area contributed by atoms with E-state index < -0.39 is 0 Å². The maximum absolute atomic E-state index is 13.8. The van der Waals surface area contributed by atoms with Gasteiger partial charge in [-0.25, -0.2) is 13.9 Å². The van der Waals surface area contributed by atoms with Gasteiger partial charge in [-0.05, 0) is 38.4 Å². The molecule has 0 aliphatic carbocycles. The molecular weight excluding hydrogens is 465 g/mol. The van der Waals surface area contributed by atoms with E-state index in [9.17, 15) is 9.18 Å². The highest BCUT2D eigenvalue weighted by Gasteiger charge is 2.16.